The minimum atomic E-state index is -0.496. The van der Waals surface area contributed by atoms with E-state index in [4.69, 9.17) is 0 Å². The van der Waals surface area contributed by atoms with Crippen molar-refractivity contribution in [2.45, 2.75) is 39.0 Å². The monoisotopic (exact) mass is 233 g/mol. The molecule has 1 saturated heterocycles. The van der Waals surface area contributed by atoms with Gasteiger partial charge in [-0.3, -0.25) is 4.79 Å². The van der Waals surface area contributed by atoms with Gasteiger partial charge < -0.3 is 10.0 Å². The van der Waals surface area contributed by atoms with Crippen molar-refractivity contribution in [3.8, 4) is 0 Å². The highest BCUT2D eigenvalue weighted by molar-refractivity contribution is 5.80. The minimum absolute atomic E-state index is 0.0557. The smallest absolute Gasteiger partial charge is 0.228 e. The Labute approximate surface area is 102 Å². The molecule has 1 N–H and O–H groups in total. The van der Waals surface area contributed by atoms with Crippen molar-refractivity contribution in [1.82, 2.24) is 4.90 Å². The lowest BCUT2D eigenvalue weighted by Crippen LogP contribution is -2.51. The van der Waals surface area contributed by atoms with Crippen LogP contribution in [0, 0.1) is 5.92 Å². The van der Waals surface area contributed by atoms with E-state index < -0.39 is 6.10 Å². The summed E-state index contributed by atoms with van der Waals surface area (Å²) in [5.41, 5.74) is 1.14. The summed E-state index contributed by atoms with van der Waals surface area (Å²) in [4.78, 5) is 14.0. The van der Waals surface area contributed by atoms with E-state index in [2.05, 4.69) is 0 Å². The number of piperidine rings is 1. The maximum absolute atomic E-state index is 12.1. The van der Waals surface area contributed by atoms with Crippen LogP contribution in [0.3, 0.4) is 0 Å². The van der Waals surface area contributed by atoms with Crippen LogP contribution in [0.25, 0.3) is 0 Å². The maximum atomic E-state index is 12.1. The molecule has 0 radical (unpaired) electrons. The molecule has 1 aliphatic rings. The summed E-state index contributed by atoms with van der Waals surface area (Å²) in [6.45, 7) is 4.44. The minimum Gasteiger partial charge on any atom is -0.392 e. The Bertz CT molecular complexity index is 390. The summed E-state index contributed by atoms with van der Waals surface area (Å²) in [5.74, 6) is -0.227. The molecule has 1 fully saturated rings. The SMILES string of the molecule is C[C@@H]1C(=O)N(Cc2ccccc2)[C@H](C)C[C@H]1O. The normalized spacial score (nSPS) is 29.5. The number of aliphatic hydroxyl groups is 1. The second-order valence-corrected chi connectivity index (χ2v) is 4.89. The number of rotatable bonds is 2. The fourth-order valence-electron chi connectivity index (χ4n) is 2.34. The van der Waals surface area contributed by atoms with Gasteiger partial charge in [-0.15, -0.1) is 0 Å². The molecule has 0 bridgehead atoms. The van der Waals surface area contributed by atoms with E-state index in [0.29, 0.717) is 13.0 Å². The van der Waals surface area contributed by atoms with Gasteiger partial charge in [0.05, 0.1) is 12.0 Å². The van der Waals surface area contributed by atoms with E-state index >= 15 is 0 Å². The molecule has 0 unspecified atom stereocenters. The fraction of sp³-hybridized carbons (Fsp3) is 0.500. The topological polar surface area (TPSA) is 40.5 Å². The van der Waals surface area contributed by atoms with Gasteiger partial charge in [-0.1, -0.05) is 37.3 Å². The average Bonchev–Trinajstić information content (AvgIpc) is 2.33. The first-order valence-electron chi connectivity index (χ1n) is 6.12. The molecular formula is C14H19NO2. The Kier molecular flexibility index (Phi) is 3.48. The number of nitrogens with zero attached hydrogens (tertiary/aromatic N) is 1. The molecule has 1 aromatic rings. The predicted octanol–water partition coefficient (Wildman–Crippen LogP) is 1.80. The largest absolute Gasteiger partial charge is 0.392 e. The van der Waals surface area contributed by atoms with E-state index in [1.54, 1.807) is 6.92 Å². The standard InChI is InChI=1S/C14H19NO2/c1-10-8-13(16)11(2)14(17)15(10)9-12-6-4-3-5-7-12/h3-7,10-11,13,16H,8-9H2,1-2H3/t10-,11+,13-/m1/s1. The van der Waals surface area contributed by atoms with Gasteiger partial charge in [0.2, 0.25) is 5.91 Å². The quantitative estimate of drug-likeness (QED) is 0.846. The molecule has 92 valence electrons. The Morgan fingerprint density at radius 3 is 2.59 bits per heavy atom. The van der Waals surface area contributed by atoms with Crippen LogP contribution in [-0.4, -0.2) is 28.1 Å². The number of carbonyl (C=O) groups is 1. The highest BCUT2D eigenvalue weighted by Crippen LogP contribution is 2.25. The Balaban J connectivity index is 2.12. The van der Waals surface area contributed by atoms with Gasteiger partial charge in [0.15, 0.2) is 0 Å². The van der Waals surface area contributed by atoms with Crippen LogP contribution in [0.2, 0.25) is 0 Å². The van der Waals surface area contributed by atoms with Crippen molar-refractivity contribution in [1.29, 1.82) is 0 Å². The van der Waals surface area contributed by atoms with Crippen LogP contribution < -0.4 is 0 Å². The second kappa shape index (κ2) is 4.88. The number of aliphatic hydroxyl groups excluding tert-OH is 1. The molecular weight excluding hydrogens is 214 g/mol. The molecule has 1 aromatic carbocycles. The second-order valence-electron chi connectivity index (χ2n) is 4.89. The third-order valence-corrected chi connectivity index (χ3v) is 3.56. The molecule has 17 heavy (non-hydrogen) atoms. The molecule has 0 aromatic heterocycles. The van der Waals surface area contributed by atoms with E-state index in [0.717, 1.165) is 5.56 Å². The van der Waals surface area contributed by atoms with Crippen LogP contribution >= 0.6 is 0 Å². The first-order chi connectivity index (χ1) is 8.09. The van der Waals surface area contributed by atoms with E-state index in [9.17, 15) is 9.90 Å². The Morgan fingerprint density at radius 1 is 1.29 bits per heavy atom. The van der Waals surface area contributed by atoms with Crippen LogP contribution in [0.15, 0.2) is 30.3 Å². The lowest BCUT2D eigenvalue weighted by molar-refractivity contribution is -0.148. The first-order valence-corrected chi connectivity index (χ1v) is 6.12. The molecule has 3 heteroatoms. The Morgan fingerprint density at radius 2 is 1.94 bits per heavy atom. The number of benzene rings is 1. The molecule has 1 amide bonds. The summed E-state index contributed by atoms with van der Waals surface area (Å²) in [6.07, 6.45) is 0.171. The zero-order valence-corrected chi connectivity index (χ0v) is 10.3. The number of carbonyl (C=O) groups excluding carboxylic acids is 1. The molecule has 0 aliphatic carbocycles. The highest BCUT2D eigenvalue weighted by atomic mass is 16.3. The summed E-state index contributed by atoms with van der Waals surface area (Å²) >= 11 is 0. The molecule has 3 nitrogen and oxygen atoms in total. The van der Waals surface area contributed by atoms with Crippen LogP contribution in [0.5, 0.6) is 0 Å². The van der Waals surface area contributed by atoms with Gasteiger partial charge in [-0.05, 0) is 18.9 Å². The molecule has 0 saturated carbocycles. The fourth-order valence-corrected chi connectivity index (χ4v) is 2.34. The summed E-state index contributed by atoms with van der Waals surface area (Å²) in [7, 11) is 0. The van der Waals surface area contributed by atoms with Crippen molar-refractivity contribution >= 4 is 5.91 Å². The molecule has 1 aliphatic heterocycles. The van der Waals surface area contributed by atoms with Crippen molar-refractivity contribution in [2.75, 3.05) is 0 Å². The Hall–Kier alpha value is -1.35. The first kappa shape index (κ1) is 12.1. The van der Waals surface area contributed by atoms with Gasteiger partial charge in [-0.2, -0.15) is 0 Å². The van der Waals surface area contributed by atoms with Gasteiger partial charge >= 0.3 is 0 Å². The van der Waals surface area contributed by atoms with Gasteiger partial charge in [-0.25, -0.2) is 0 Å². The van der Waals surface area contributed by atoms with E-state index in [1.165, 1.54) is 0 Å². The molecule has 0 spiro atoms. The van der Waals surface area contributed by atoms with Crippen LogP contribution in [0.4, 0.5) is 0 Å². The lowest BCUT2D eigenvalue weighted by atomic mass is 9.90. The summed E-state index contributed by atoms with van der Waals surface area (Å²) in [6, 6.07) is 10.1. The number of hydrogen-bond acceptors (Lipinski definition) is 2. The molecule has 1 heterocycles. The highest BCUT2D eigenvalue weighted by Gasteiger charge is 2.36. The average molecular weight is 233 g/mol. The van der Waals surface area contributed by atoms with Crippen molar-refractivity contribution in [3.63, 3.8) is 0 Å². The molecule has 2 rings (SSSR count). The van der Waals surface area contributed by atoms with Gasteiger partial charge in [0, 0.05) is 12.6 Å². The van der Waals surface area contributed by atoms with E-state index in [-0.39, 0.29) is 17.9 Å². The predicted molar refractivity (Wildman–Crippen MR) is 66.2 cm³/mol. The van der Waals surface area contributed by atoms with Gasteiger partial charge in [0.25, 0.3) is 0 Å². The third-order valence-electron chi connectivity index (χ3n) is 3.56. The van der Waals surface area contributed by atoms with Crippen LogP contribution in [-0.2, 0) is 11.3 Å². The van der Waals surface area contributed by atoms with Crippen molar-refractivity contribution in [3.05, 3.63) is 35.9 Å². The number of amides is 1. The third kappa shape index (κ3) is 2.50. The molecule has 3 atom stereocenters. The van der Waals surface area contributed by atoms with Gasteiger partial charge in [0.1, 0.15) is 0 Å². The zero-order valence-electron chi connectivity index (χ0n) is 10.3. The lowest BCUT2D eigenvalue weighted by Gasteiger charge is -2.39. The zero-order chi connectivity index (χ0) is 12.4. The van der Waals surface area contributed by atoms with Crippen molar-refractivity contribution in [2.24, 2.45) is 5.92 Å². The number of hydrogen-bond donors (Lipinski definition) is 1. The number of likely N-dealkylation sites (tertiary alicyclic amines) is 1. The van der Waals surface area contributed by atoms with Crippen molar-refractivity contribution < 1.29 is 9.90 Å². The maximum Gasteiger partial charge on any atom is 0.228 e. The summed E-state index contributed by atoms with van der Waals surface area (Å²) < 4.78 is 0. The van der Waals surface area contributed by atoms with E-state index in [1.807, 2.05) is 42.2 Å². The summed E-state index contributed by atoms with van der Waals surface area (Å²) in [5, 5.41) is 9.75. The van der Waals surface area contributed by atoms with Crippen LogP contribution in [0.1, 0.15) is 25.8 Å².